The Bertz CT molecular complexity index is 1200. The van der Waals surface area contributed by atoms with Gasteiger partial charge in [0.1, 0.15) is 31.9 Å². The number of nitrogens with two attached hydrogens (primary N) is 2. The van der Waals surface area contributed by atoms with Crippen molar-refractivity contribution in [2.45, 2.75) is 26.1 Å². The zero-order valence-electron chi connectivity index (χ0n) is 18.6. The number of pyridine rings is 1. The molecule has 3 atom stereocenters. The number of anilines is 1. The number of nitrogens with one attached hydrogen (secondary N) is 1. The summed E-state index contributed by atoms with van der Waals surface area (Å²) in [6, 6.07) is 3.61. The molecule has 0 bridgehead atoms. The summed E-state index contributed by atoms with van der Waals surface area (Å²) in [5, 5.41) is 28.7. The zero-order valence-corrected chi connectivity index (χ0v) is 21.8. The quantitative estimate of drug-likeness (QED) is 0.0831. The molecule has 0 radical (unpaired) electrons. The number of amides is 2. The van der Waals surface area contributed by atoms with Crippen molar-refractivity contribution in [2.24, 2.45) is 10.9 Å². The maximum absolute atomic E-state index is 12.9. The van der Waals surface area contributed by atoms with E-state index in [0.29, 0.717) is 22.2 Å². The van der Waals surface area contributed by atoms with Crippen LogP contribution >= 0.6 is 46.8 Å². The average molecular weight is 571 g/mol. The monoisotopic (exact) mass is 570 g/mol. The van der Waals surface area contributed by atoms with Crippen LogP contribution in [0.25, 0.3) is 0 Å². The molecule has 2 aliphatic heterocycles. The van der Waals surface area contributed by atoms with E-state index in [4.69, 9.17) is 11.5 Å². The van der Waals surface area contributed by atoms with Crippen molar-refractivity contribution >= 4 is 76.1 Å². The summed E-state index contributed by atoms with van der Waals surface area (Å²) < 4.78 is 3.37. The lowest BCUT2D eigenvalue weighted by atomic mass is 10.0. The van der Waals surface area contributed by atoms with Gasteiger partial charge in [0.05, 0.1) is 5.69 Å². The number of fused-ring (bicyclic) bond motifs is 1. The van der Waals surface area contributed by atoms with Crippen molar-refractivity contribution < 1.29 is 24.7 Å². The Kier molecular flexibility index (Phi) is 8.23. The van der Waals surface area contributed by atoms with Gasteiger partial charge in [-0.15, -0.1) is 16.9 Å². The molecule has 36 heavy (non-hydrogen) atoms. The minimum Gasteiger partial charge on any atom is -0.480 e. The number of thioether (sulfide) groups is 3. The number of aliphatic carboxylic acids is 1. The zero-order chi connectivity index (χ0) is 25.9. The molecule has 2 saturated heterocycles. The first-order valence-electron chi connectivity index (χ1n) is 10.5. The number of hydrogen-bond acceptors (Lipinski definition) is 14. The summed E-state index contributed by atoms with van der Waals surface area (Å²) in [4.78, 5) is 43.4. The van der Waals surface area contributed by atoms with Gasteiger partial charge in [-0.1, -0.05) is 27.5 Å². The van der Waals surface area contributed by atoms with Crippen LogP contribution in [0.1, 0.15) is 11.4 Å². The van der Waals surface area contributed by atoms with E-state index < -0.39 is 33.9 Å². The van der Waals surface area contributed by atoms with Crippen LogP contribution in [0.2, 0.25) is 0 Å². The first kappa shape index (κ1) is 26.5. The number of carbonyl (C=O) groups is 3. The molecule has 2 aliphatic rings. The van der Waals surface area contributed by atoms with E-state index in [0.717, 1.165) is 29.0 Å². The van der Waals surface area contributed by atoms with Crippen LogP contribution in [0.3, 0.4) is 0 Å². The number of hydrogen-bond donors (Lipinski definition) is 5. The lowest BCUT2D eigenvalue weighted by molar-refractivity contribution is -0.151. The molecule has 2 aromatic heterocycles. The number of oxime groups is 1. The summed E-state index contributed by atoms with van der Waals surface area (Å²) in [5.74, 6) is -0.632. The third-order valence-corrected chi connectivity index (χ3v) is 10.4. The van der Waals surface area contributed by atoms with Crippen molar-refractivity contribution in [3.05, 3.63) is 29.6 Å². The lowest BCUT2D eigenvalue weighted by Gasteiger charge is -2.53. The van der Waals surface area contributed by atoms with Crippen molar-refractivity contribution in [1.82, 2.24) is 24.8 Å². The Morgan fingerprint density at radius 2 is 2.19 bits per heavy atom. The minimum atomic E-state index is -1.30. The molecule has 13 nitrogen and oxygen atoms in total. The highest BCUT2D eigenvalue weighted by molar-refractivity contribution is 8.06. The van der Waals surface area contributed by atoms with Gasteiger partial charge in [0.25, 0.3) is 5.91 Å². The van der Waals surface area contributed by atoms with E-state index >= 15 is 0 Å². The van der Waals surface area contributed by atoms with E-state index in [9.17, 15) is 24.7 Å². The van der Waals surface area contributed by atoms with Crippen LogP contribution in [0, 0.1) is 0 Å². The standard InChI is InChI=1S/C19H22N8O5S4/c20-4-5-33-6-10-17(36-26-24-10)35-19(18(30)31)7-27-15(29)13(16(27)34-8-19)23-14(28)12(25-32)9-2-1-3-11(21)22-9/h1-3,13,16,32H,4-8,20H2,(H2,21,22)(H,23,28)(H,30,31)/t13-,16-,19?/m1/s1. The fraction of sp³-hybridized carbons (Fsp3) is 0.421. The molecule has 2 amide bonds. The molecule has 7 N–H and O–H groups in total. The number of nitrogens with zero attached hydrogens (tertiary/aromatic N) is 5. The van der Waals surface area contributed by atoms with E-state index in [2.05, 4.69) is 25.0 Å². The number of β-lactam (4-membered cyclic amide) rings is 1. The topological polar surface area (TPSA) is 210 Å². The van der Waals surface area contributed by atoms with Crippen molar-refractivity contribution in [1.29, 1.82) is 0 Å². The second-order valence-corrected chi connectivity index (χ2v) is 12.4. The van der Waals surface area contributed by atoms with Gasteiger partial charge < -0.3 is 32.0 Å². The van der Waals surface area contributed by atoms with E-state index in [-0.39, 0.29) is 29.5 Å². The summed E-state index contributed by atoms with van der Waals surface area (Å²) in [5.41, 5.74) is 11.5. The first-order chi connectivity index (χ1) is 17.3. The van der Waals surface area contributed by atoms with Gasteiger partial charge in [-0.25, -0.2) is 4.98 Å². The van der Waals surface area contributed by atoms with Gasteiger partial charge in [0.2, 0.25) is 5.91 Å². The molecule has 2 aromatic rings. The predicted molar refractivity (Wildman–Crippen MR) is 138 cm³/mol. The summed E-state index contributed by atoms with van der Waals surface area (Å²) in [7, 11) is 0. The second kappa shape index (κ2) is 11.2. The molecule has 192 valence electrons. The third kappa shape index (κ3) is 5.24. The third-order valence-electron chi connectivity index (χ3n) is 5.37. The fourth-order valence-corrected chi connectivity index (χ4v) is 8.34. The molecule has 1 unspecified atom stereocenters. The number of carbonyl (C=O) groups excluding carboxylic acids is 2. The van der Waals surface area contributed by atoms with Crippen LogP contribution < -0.4 is 16.8 Å². The maximum atomic E-state index is 12.9. The Labute approximate surface area is 222 Å². The highest BCUT2D eigenvalue weighted by Gasteiger charge is 2.58. The molecular weight excluding hydrogens is 549 g/mol. The van der Waals surface area contributed by atoms with Crippen molar-refractivity contribution in [3.63, 3.8) is 0 Å². The van der Waals surface area contributed by atoms with E-state index in [1.165, 1.54) is 28.8 Å². The predicted octanol–water partition coefficient (Wildman–Crippen LogP) is -0.0989. The van der Waals surface area contributed by atoms with Gasteiger partial charge >= 0.3 is 5.97 Å². The van der Waals surface area contributed by atoms with Crippen LogP contribution in [0.4, 0.5) is 5.82 Å². The Morgan fingerprint density at radius 1 is 1.39 bits per heavy atom. The Hall–Kier alpha value is -2.60. The van der Waals surface area contributed by atoms with Gasteiger partial charge in [0, 0.05) is 30.3 Å². The largest absolute Gasteiger partial charge is 0.480 e. The number of rotatable bonds is 10. The van der Waals surface area contributed by atoms with Crippen LogP contribution in [0.5, 0.6) is 0 Å². The smallest absolute Gasteiger partial charge is 0.322 e. The van der Waals surface area contributed by atoms with E-state index in [1.807, 2.05) is 0 Å². The molecule has 0 spiro atoms. The van der Waals surface area contributed by atoms with Crippen LogP contribution in [0.15, 0.2) is 27.6 Å². The van der Waals surface area contributed by atoms with Crippen molar-refractivity contribution in [2.75, 3.05) is 30.3 Å². The van der Waals surface area contributed by atoms with Crippen LogP contribution in [-0.2, 0) is 20.1 Å². The Morgan fingerprint density at radius 3 is 2.89 bits per heavy atom. The highest BCUT2D eigenvalue weighted by Crippen LogP contribution is 2.47. The minimum absolute atomic E-state index is 0.0408. The number of carboxylic acid groups (broad SMARTS) is 1. The Balaban J connectivity index is 1.43. The molecule has 4 heterocycles. The normalized spacial score (nSPS) is 23.6. The summed E-state index contributed by atoms with van der Waals surface area (Å²) in [6.07, 6.45) is 0. The average Bonchev–Trinajstić information content (AvgIpc) is 3.29. The van der Waals surface area contributed by atoms with E-state index in [1.54, 1.807) is 17.8 Å². The molecule has 0 aliphatic carbocycles. The lowest BCUT2D eigenvalue weighted by Crippen LogP contribution is -2.74. The van der Waals surface area contributed by atoms with Crippen molar-refractivity contribution in [3.8, 4) is 0 Å². The van der Waals surface area contributed by atoms with Crippen LogP contribution in [-0.4, -0.2) is 94.0 Å². The first-order valence-corrected chi connectivity index (χ1v) is 14.3. The molecular formula is C19H22N8O5S4. The van der Waals surface area contributed by atoms with Gasteiger partial charge in [-0.3, -0.25) is 14.4 Å². The van der Waals surface area contributed by atoms with Gasteiger partial charge in [0.15, 0.2) is 5.71 Å². The molecule has 0 saturated carbocycles. The molecule has 2 fully saturated rings. The van der Waals surface area contributed by atoms with Gasteiger partial charge in [-0.05, 0) is 23.7 Å². The fourth-order valence-electron chi connectivity index (χ4n) is 3.59. The second-order valence-electron chi connectivity index (χ2n) is 7.76. The molecule has 4 rings (SSSR count). The molecule has 17 heteroatoms. The van der Waals surface area contributed by atoms with Gasteiger partial charge in [-0.2, -0.15) is 11.8 Å². The molecule has 0 aromatic carbocycles. The summed E-state index contributed by atoms with van der Waals surface area (Å²) >= 11 is 5.12. The maximum Gasteiger partial charge on any atom is 0.322 e. The number of nitrogen functional groups attached to an aromatic ring is 1. The number of carboxylic acids is 1. The summed E-state index contributed by atoms with van der Waals surface area (Å²) in [6.45, 7) is 0.485. The number of aromatic nitrogens is 3. The highest BCUT2D eigenvalue weighted by atomic mass is 32.2. The SMILES string of the molecule is NCCSCc1nnsc1SC1(C(=O)O)CS[C@@H]2[C@H](NC(=O)C(=NO)c3cccc(N)n3)C(=O)N2C1.